The van der Waals surface area contributed by atoms with Gasteiger partial charge in [0.15, 0.2) is 0 Å². The first-order valence-electron chi connectivity index (χ1n) is 13.2. The van der Waals surface area contributed by atoms with Gasteiger partial charge >= 0.3 is 0 Å². The first-order valence-corrected chi connectivity index (χ1v) is 13.2. The van der Waals surface area contributed by atoms with Crippen molar-refractivity contribution in [2.24, 2.45) is 9.98 Å². The van der Waals surface area contributed by atoms with Crippen LogP contribution in [0.1, 0.15) is 107 Å². The van der Waals surface area contributed by atoms with Crippen LogP contribution in [0, 0.1) is 27.7 Å². The molecular formula is C31H46N2Pd. The molecule has 3 heteroatoms. The Balaban J connectivity index is 0.00000578. The molecule has 34 heavy (non-hydrogen) atoms. The van der Waals surface area contributed by atoms with Crippen LogP contribution in [0.15, 0.2) is 46.4 Å². The molecule has 0 atom stereocenters. The van der Waals surface area contributed by atoms with Crippen LogP contribution in [0.3, 0.4) is 0 Å². The second-order valence-electron chi connectivity index (χ2n) is 9.63. The Morgan fingerprint density at radius 3 is 1.35 bits per heavy atom. The first kappa shape index (κ1) is 30.5. The summed E-state index contributed by atoms with van der Waals surface area (Å²) >= 11 is 0. The minimum absolute atomic E-state index is 0. The summed E-state index contributed by atoms with van der Waals surface area (Å²) in [5.41, 5.74) is 9.71. The molecule has 0 N–H and O–H groups in total. The predicted molar refractivity (Wildman–Crippen MR) is 148 cm³/mol. The first-order chi connectivity index (χ1) is 15.9. The molecule has 0 radical (unpaired) electrons. The van der Waals surface area contributed by atoms with Crippen molar-refractivity contribution in [2.75, 3.05) is 0 Å². The number of hydrogen-bond acceptors (Lipinski definition) is 2. The van der Waals surface area contributed by atoms with Gasteiger partial charge in [-0.3, -0.25) is 9.98 Å². The third-order valence-corrected chi connectivity index (χ3v) is 6.63. The number of nitrogens with zero attached hydrogens (tertiary/aromatic N) is 2. The van der Waals surface area contributed by atoms with E-state index in [1.54, 1.807) is 0 Å². The maximum Gasteiger partial charge on any atom is 0.0636 e. The quantitative estimate of drug-likeness (QED) is 0.126. The van der Waals surface area contributed by atoms with Crippen LogP contribution in [0.4, 0.5) is 11.4 Å². The largest absolute Gasteiger partial charge is 0.252 e. The van der Waals surface area contributed by atoms with Gasteiger partial charge in [-0.05, 0) is 99.9 Å². The molecule has 2 aromatic rings. The molecule has 2 nitrogen and oxygen atoms in total. The van der Waals surface area contributed by atoms with E-state index in [4.69, 9.17) is 9.98 Å². The topological polar surface area (TPSA) is 24.7 Å². The smallest absolute Gasteiger partial charge is 0.0636 e. The molecule has 0 aliphatic carbocycles. The fourth-order valence-corrected chi connectivity index (χ4v) is 4.05. The number of rotatable bonds is 14. The Morgan fingerprint density at radius 2 is 0.912 bits per heavy atom. The van der Waals surface area contributed by atoms with E-state index in [9.17, 15) is 0 Å². The normalized spacial score (nSPS) is 12.1. The zero-order valence-corrected chi connectivity index (χ0v) is 24.0. The zero-order valence-electron chi connectivity index (χ0n) is 22.5. The number of benzene rings is 2. The van der Waals surface area contributed by atoms with Gasteiger partial charge in [0.1, 0.15) is 0 Å². The van der Waals surface area contributed by atoms with Gasteiger partial charge in [0.25, 0.3) is 0 Å². The van der Waals surface area contributed by atoms with Gasteiger partial charge in [0, 0.05) is 20.4 Å². The third kappa shape index (κ3) is 10.8. The molecule has 0 bridgehead atoms. The van der Waals surface area contributed by atoms with Crippen LogP contribution in [-0.4, -0.2) is 11.4 Å². The summed E-state index contributed by atoms with van der Waals surface area (Å²) in [5.74, 6) is 0. The van der Waals surface area contributed by atoms with Gasteiger partial charge in [0.05, 0.1) is 22.8 Å². The fraction of sp³-hybridized carbons (Fsp3) is 0.548. The Kier molecular flexibility index (Phi) is 15.2. The van der Waals surface area contributed by atoms with Crippen molar-refractivity contribution in [2.45, 2.75) is 112 Å². The Bertz CT molecular complexity index is 927. The van der Waals surface area contributed by atoms with Crippen molar-refractivity contribution in [3.8, 4) is 0 Å². The molecule has 2 rings (SSSR count). The van der Waals surface area contributed by atoms with Gasteiger partial charge in [-0.15, -0.1) is 0 Å². The van der Waals surface area contributed by atoms with E-state index < -0.39 is 0 Å². The van der Waals surface area contributed by atoms with Crippen molar-refractivity contribution in [1.82, 2.24) is 0 Å². The van der Waals surface area contributed by atoms with E-state index in [0.29, 0.717) is 0 Å². The number of aryl methyl sites for hydroxylation is 4. The standard InChI is InChI=1S/C31H46N2.Pd/c1-7-9-11-12-13-15-17-31(33-29-21-19-25(4)27(6)23-29)30(16-14-10-8-2)32-28-20-18-24(3)26(5)22-28;/h18-23H,7-17H2,1-6H3;. The third-order valence-electron chi connectivity index (χ3n) is 6.63. The van der Waals surface area contributed by atoms with Gasteiger partial charge in [0.2, 0.25) is 0 Å². The molecule has 0 unspecified atom stereocenters. The monoisotopic (exact) mass is 552 g/mol. The Labute approximate surface area is 223 Å². The number of hydrogen-bond donors (Lipinski definition) is 0. The van der Waals surface area contributed by atoms with Crippen molar-refractivity contribution < 1.29 is 20.4 Å². The van der Waals surface area contributed by atoms with Crippen molar-refractivity contribution in [3.05, 3.63) is 58.7 Å². The van der Waals surface area contributed by atoms with Gasteiger partial charge < -0.3 is 0 Å². The molecule has 0 spiro atoms. The van der Waals surface area contributed by atoms with E-state index in [-0.39, 0.29) is 20.4 Å². The maximum absolute atomic E-state index is 5.20. The summed E-state index contributed by atoms with van der Waals surface area (Å²) in [6.07, 6.45) is 13.4. The molecule has 190 valence electrons. The maximum atomic E-state index is 5.20. The van der Waals surface area contributed by atoms with E-state index in [2.05, 4.69) is 77.9 Å². The van der Waals surface area contributed by atoms with E-state index in [1.165, 1.54) is 91.5 Å². The zero-order chi connectivity index (χ0) is 24.1. The van der Waals surface area contributed by atoms with Gasteiger partial charge in [-0.1, -0.05) is 70.9 Å². The van der Waals surface area contributed by atoms with Crippen LogP contribution in [0.5, 0.6) is 0 Å². The Morgan fingerprint density at radius 1 is 0.529 bits per heavy atom. The van der Waals surface area contributed by atoms with Gasteiger partial charge in [-0.2, -0.15) is 0 Å². The van der Waals surface area contributed by atoms with Crippen LogP contribution in [0.25, 0.3) is 0 Å². The minimum atomic E-state index is 0. The average molecular weight is 553 g/mol. The molecule has 2 aromatic carbocycles. The second-order valence-corrected chi connectivity index (χ2v) is 9.63. The van der Waals surface area contributed by atoms with Crippen LogP contribution in [-0.2, 0) is 20.4 Å². The molecule has 0 fully saturated rings. The predicted octanol–water partition coefficient (Wildman–Crippen LogP) is 10.1. The molecule has 0 heterocycles. The molecule has 0 saturated carbocycles. The van der Waals surface area contributed by atoms with Crippen molar-refractivity contribution >= 4 is 22.8 Å². The van der Waals surface area contributed by atoms with E-state index in [0.717, 1.165) is 24.2 Å². The van der Waals surface area contributed by atoms with Crippen LogP contribution in [0.2, 0.25) is 0 Å². The van der Waals surface area contributed by atoms with Crippen molar-refractivity contribution in [3.63, 3.8) is 0 Å². The Hall–Kier alpha value is -1.56. The second kappa shape index (κ2) is 17.0. The van der Waals surface area contributed by atoms with Crippen molar-refractivity contribution in [1.29, 1.82) is 0 Å². The van der Waals surface area contributed by atoms with Crippen LogP contribution < -0.4 is 0 Å². The summed E-state index contributed by atoms with van der Waals surface area (Å²) in [6, 6.07) is 13.1. The summed E-state index contributed by atoms with van der Waals surface area (Å²) in [6.45, 7) is 13.2. The minimum Gasteiger partial charge on any atom is -0.252 e. The summed E-state index contributed by atoms with van der Waals surface area (Å²) in [4.78, 5) is 10.4. The SMILES string of the molecule is CCCCCCCCC(=Nc1ccc(C)c(C)c1)C(CCCCC)=Nc1ccc(C)c(C)c1.[Pd]. The molecule has 0 saturated heterocycles. The molecule has 0 amide bonds. The van der Waals surface area contributed by atoms with E-state index >= 15 is 0 Å². The molecular weight excluding hydrogens is 507 g/mol. The molecule has 0 aliphatic heterocycles. The molecule has 0 aliphatic rings. The number of unbranched alkanes of at least 4 members (excludes halogenated alkanes) is 7. The molecule has 0 aromatic heterocycles. The van der Waals surface area contributed by atoms with Gasteiger partial charge in [-0.25, -0.2) is 0 Å². The fourth-order valence-electron chi connectivity index (χ4n) is 4.05. The summed E-state index contributed by atoms with van der Waals surface area (Å²) < 4.78 is 0. The number of aliphatic imine (C=N–C) groups is 2. The summed E-state index contributed by atoms with van der Waals surface area (Å²) in [7, 11) is 0. The van der Waals surface area contributed by atoms with Crippen LogP contribution >= 0.6 is 0 Å². The van der Waals surface area contributed by atoms with E-state index in [1.807, 2.05) is 0 Å². The average Bonchev–Trinajstić information content (AvgIpc) is 2.79. The summed E-state index contributed by atoms with van der Waals surface area (Å²) in [5, 5.41) is 0.